The Kier molecular flexibility index (Phi) is 11.1. The van der Waals surface area contributed by atoms with Crippen molar-refractivity contribution in [1.29, 1.82) is 0 Å². The predicted octanol–water partition coefficient (Wildman–Crippen LogP) is 3.85. The number of aryl methyl sites for hydroxylation is 1. The first-order chi connectivity index (χ1) is 17.8. The van der Waals surface area contributed by atoms with Gasteiger partial charge >= 0.3 is 18.3 Å². The molecule has 1 fully saturated rings. The van der Waals surface area contributed by atoms with Crippen LogP contribution < -0.4 is 5.32 Å². The monoisotopic (exact) mass is 547 g/mol. The zero-order chi connectivity index (χ0) is 28.3. The highest BCUT2D eigenvalue weighted by Gasteiger charge is 2.38. The molecule has 2 N–H and O–H groups in total. The van der Waals surface area contributed by atoms with Crippen LogP contribution in [-0.2, 0) is 22.2 Å². The first kappa shape index (κ1) is 30.6. The number of aliphatic carboxylic acids is 1. The number of nitrogens with zero attached hydrogens (tertiary/aromatic N) is 2. The Bertz CT molecular complexity index is 1050. The zero-order valence-electron chi connectivity index (χ0n) is 20.2. The van der Waals surface area contributed by atoms with Crippen molar-refractivity contribution in [3.05, 3.63) is 71.3 Å². The maximum absolute atomic E-state index is 13.0. The number of halogens is 6. The molecule has 13 heteroatoms. The van der Waals surface area contributed by atoms with Gasteiger partial charge in [0.15, 0.2) is 0 Å². The third-order valence-corrected chi connectivity index (χ3v) is 5.52. The summed E-state index contributed by atoms with van der Waals surface area (Å²) < 4.78 is 70.2. The molecule has 1 heterocycles. The maximum atomic E-state index is 13.0. The molecule has 208 valence electrons. The summed E-state index contributed by atoms with van der Waals surface area (Å²) in [6, 6.07) is 13.9. The van der Waals surface area contributed by atoms with Gasteiger partial charge in [-0.15, -0.1) is 0 Å². The molecule has 0 spiro atoms. The van der Waals surface area contributed by atoms with Crippen LogP contribution >= 0.6 is 0 Å². The smallest absolute Gasteiger partial charge is 0.475 e. The fourth-order valence-electron chi connectivity index (χ4n) is 3.53. The van der Waals surface area contributed by atoms with E-state index >= 15 is 0 Å². The van der Waals surface area contributed by atoms with Crippen molar-refractivity contribution in [2.24, 2.45) is 0 Å². The Hall–Kier alpha value is -3.61. The number of carbonyl (C=O) groups is 3. The second kappa shape index (κ2) is 13.8. The van der Waals surface area contributed by atoms with Crippen LogP contribution in [0.5, 0.6) is 0 Å². The summed E-state index contributed by atoms with van der Waals surface area (Å²) in [4.78, 5) is 37.8. The van der Waals surface area contributed by atoms with E-state index in [2.05, 4.69) is 5.32 Å². The molecule has 0 unspecified atom stereocenters. The standard InChI is InChI=1S/C23H26F3N3O2.C2HF3O2/c24-23(25,26)20-10-8-19(9-11-20)22(31)29(14-4-7-18-5-2-1-3-6-18)17-21(30)28-15-12-27-13-16-28;3-2(4,5)1(6)7/h1-3,5-6,8-11,27H,4,7,12-17H2;(H,6,7). The minimum atomic E-state index is -5.08. The molecule has 1 saturated heterocycles. The Balaban J connectivity index is 0.000000638. The lowest BCUT2D eigenvalue weighted by Crippen LogP contribution is -2.50. The van der Waals surface area contributed by atoms with Gasteiger partial charge in [0, 0.05) is 38.3 Å². The highest BCUT2D eigenvalue weighted by Crippen LogP contribution is 2.29. The van der Waals surface area contributed by atoms with Crippen LogP contribution in [-0.4, -0.2) is 78.1 Å². The minimum Gasteiger partial charge on any atom is -0.475 e. The number of hydrogen-bond acceptors (Lipinski definition) is 4. The molecule has 1 aliphatic heterocycles. The van der Waals surface area contributed by atoms with Crippen LogP contribution in [0.15, 0.2) is 54.6 Å². The van der Waals surface area contributed by atoms with Crippen LogP contribution in [0.25, 0.3) is 0 Å². The van der Waals surface area contributed by atoms with Crippen molar-refractivity contribution >= 4 is 17.8 Å². The van der Waals surface area contributed by atoms with Crippen LogP contribution in [0.2, 0.25) is 0 Å². The first-order valence-corrected chi connectivity index (χ1v) is 11.6. The van der Waals surface area contributed by atoms with Crippen LogP contribution in [0.1, 0.15) is 27.9 Å². The second-order valence-electron chi connectivity index (χ2n) is 8.32. The number of carboxylic acid groups (broad SMARTS) is 1. The van der Waals surface area contributed by atoms with Crippen molar-refractivity contribution in [2.45, 2.75) is 25.2 Å². The van der Waals surface area contributed by atoms with Gasteiger partial charge in [0.1, 0.15) is 6.54 Å². The van der Waals surface area contributed by atoms with Crippen molar-refractivity contribution in [2.75, 3.05) is 39.3 Å². The topological polar surface area (TPSA) is 90.0 Å². The van der Waals surface area contributed by atoms with Crippen molar-refractivity contribution in [3.8, 4) is 0 Å². The Morgan fingerprint density at radius 3 is 1.95 bits per heavy atom. The van der Waals surface area contributed by atoms with E-state index in [4.69, 9.17) is 9.90 Å². The van der Waals surface area contributed by atoms with Gasteiger partial charge in [-0.25, -0.2) is 4.79 Å². The summed E-state index contributed by atoms with van der Waals surface area (Å²) in [5.74, 6) is -3.35. The van der Waals surface area contributed by atoms with Crippen LogP contribution in [0.3, 0.4) is 0 Å². The van der Waals surface area contributed by atoms with Gasteiger partial charge in [-0.05, 0) is 42.7 Å². The van der Waals surface area contributed by atoms with E-state index in [-0.39, 0.29) is 18.0 Å². The number of benzene rings is 2. The number of alkyl halides is 6. The van der Waals surface area contributed by atoms with E-state index in [0.717, 1.165) is 24.1 Å². The summed E-state index contributed by atoms with van der Waals surface area (Å²) in [7, 11) is 0. The number of nitrogens with one attached hydrogen (secondary N) is 1. The van der Waals surface area contributed by atoms with E-state index in [0.29, 0.717) is 39.1 Å². The molecule has 2 amide bonds. The third kappa shape index (κ3) is 10.0. The SMILES string of the molecule is O=C(CN(CCCc1ccccc1)C(=O)c1ccc(C(F)(F)F)cc1)N1CCNCC1.O=C(O)C(F)(F)F. The van der Waals surface area contributed by atoms with Crippen molar-refractivity contribution in [1.82, 2.24) is 15.1 Å². The normalized spacial score (nSPS) is 13.8. The number of carboxylic acids is 1. The fourth-order valence-corrected chi connectivity index (χ4v) is 3.53. The minimum absolute atomic E-state index is 0.0886. The largest absolute Gasteiger partial charge is 0.490 e. The molecule has 1 aliphatic rings. The number of carbonyl (C=O) groups excluding carboxylic acids is 2. The summed E-state index contributed by atoms with van der Waals surface area (Å²) in [6.07, 6.45) is -8.17. The van der Waals surface area contributed by atoms with Crippen LogP contribution in [0.4, 0.5) is 26.3 Å². The molecule has 0 bridgehead atoms. The molecule has 38 heavy (non-hydrogen) atoms. The van der Waals surface area contributed by atoms with Gasteiger partial charge in [0.2, 0.25) is 5.91 Å². The number of hydrogen-bond donors (Lipinski definition) is 2. The lowest BCUT2D eigenvalue weighted by Gasteiger charge is -2.30. The van der Waals surface area contributed by atoms with E-state index in [9.17, 15) is 35.9 Å². The highest BCUT2D eigenvalue weighted by molar-refractivity contribution is 5.96. The molecule has 7 nitrogen and oxygen atoms in total. The number of piperazine rings is 1. The second-order valence-corrected chi connectivity index (χ2v) is 8.32. The quantitative estimate of drug-likeness (QED) is 0.515. The molecule has 0 radical (unpaired) electrons. The molecule has 0 aliphatic carbocycles. The number of amides is 2. The molecule has 0 saturated carbocycles. The molecule has 0 aromatic heterocycles. The number of rotatable bonds is 7. The average Bonchev–Trinajstić information content (AvgIpc) is 2.88. The van der Waals surface area contributed by atoms with Crippen molar-refractivity contribution < 1.29 is 45.8 Å². The Labute approximate surface area is 215 Å². The van der Waals surface area contributed by atoms with Gasteiger partial charge in [-0.2, -0.15) is 26.3 Å². The van der Waals surface area contributed by atoms with Crippen LogP contribution in [0, 0.1) is 0 Å². The lowest BCUT2D eigenvalue weighted by molar-refractivity contribution is -0.192. The molecular formula is C25H27F6N3O4. The maximum Gasteiger partial charge on any atom is 0.490 e. The summed E-state index contributed by atoms with van der Waals surface area (Å²) >= 11 is 0. The van der Waals surface area contributed by atoms with Gasteiger partial charge in [-0.3, -0.25) is 9.59 Å². The van der Waals surface area contributed by atoms with Gasteiger partial charge in [-0.1, -0.05) is 30.3 Å². The summed E-state index contributed by atoms with van der Waals surface area (Å²) in [6.45, 7) is 2.80. The molecule has 2 aromatic rings. The zero-order valence-corrected chi connectivity index (χ0v) is 20.2. The lowest BCUT2D eigenvalue weighted by atomic mass is 10.1. The third-order valence-electron chi connectivity index (χ3n) is 5.52. The molecular weight excluding hydrogens is 520 g/mol. The average molecular weight is 547 g/mol. The molecule has 0 atom stereocenters. The van der Waals surface area contributed by atoms with E-state index in [1.54, 1.807) is 4.90 Å². The first-order valence-electron chi connectivity index (χ1n) is 11.6. The Morgan fingerprint density at radius 1 is 0.895 bits per heavy atom. The predicted molar refractivity (Wildman–Crippen MR) is 125 cm³/mol. The van der Waals surface area contributed by atoms with Gasteiger partial charge < -0.3 is 20.2 Å². The van der Waals surface area contributed by atoms with Gasteiger partial charge in [0.05, 0.1) is 5.56 Å². The van der Waals surface area contributed by atoms with Gasteiger partial charge in [0.25, 0.3) is 5.91 Å². The Morgan fingerprint density at radius 2 is 1.45 bits per heavy atom. The summed E-state index contributed by atoms with van der Waals surface area (Å²) in [5, 5.41) is 10.3. The molecule has 2 aromatic carbocycles. The molecule has 3 rings (SSSR count). The van der Waals surface area contributed by atoms with E-state index in [1.165, 1.54) is 17.0 Å². The summed E-state index contributed by atoms with van der Waals surface area (Å²) in [5.41, 5.74) is 0.454. The fraction of sp³-hybridized carbons (Fsp3) is 0.400. The van der Waals surface area contributed by atoms with Crippen molar-refractivity contribution in [3.63, 3.8) is 0 Å². The van der Waals surface area contributed by atoms with E-state index < -0.39 is 29.8 Å². The van der Waals surface area contributed by atoms with E-state index in [1.807, 2.05) is 30.3 Å². The highest BCUT2D eigenvalue weighted by atomic mass is 19.4.